The number of rotatable bonds is 6. The van der Waals surface area contributed by atoms with Gasteiger partial charge in [0.25, 0.3) is 0 Å². The summed E-state index contributed by atoms with van der Waals surface area (Å²) in [5.41, 5.74) is 0.287. The molecule has 1 aliphatic carbocycles. The molecule has 8 heteroatoms. The Balaban J connectivity index is 2.29. The van der Waals surface area contributed by atoms with Gasteiger partial charge >= 0.3 is 0 Å². The largest absolute Gasteiger partial charge is 0.364 e. The van der Waals surface area contributed by atoms with E-state index in [1.54, 1.807) is 7.05 Å². The Bertz CT molecular complexity index is 687. The molecule has 6 nitrogen and oxygen atoms in total. The first-order chi connectivity index (χ1) is 10.7. The van der Waals surface area contributed by atoms with Crippen molar-refractivity contribution in [2.75, 3.05) is 25.5 Å². The van der Waals surface area contributed by atoms with Gasteiger partial charge in [-0.05, 0) is 37.0 Å². The van der Waals surface area contributed by atoms with Gasteiger partial charge < -0.3 is 10.2 Å². The summed E-state index contributed by atoms with van der Waals surface area (Å²) >= 11 is 0. The number of amides is 1. The van der Waals surface area contributed by atoms with Crippen LogP contribution in [0.15, 0.2) is 23.1 Å². The molecule has 0 heterocycles. The van der Waals surface area contributed by atoms with Gasteiger partial charge in [-0.25, -0.2) is 17.5 Å². The van der Waals surface area contributed by atoms with Gasteiger partial charge in [-0.1, -0.05) is 6.92 Å². The van der Waals surface area contributed by atoms with E-state index in [-0.39, 0.29) is 29.1 Å². The second kappa shape index (κ2) is 6.84. The Kier molecular flexibility index (Phi) is 5.26. The van der Waals surface area contributed by atoms with Crippen molar-refractivity contribution >= 4 is 21.6 Å². The lowest BCUT2D eigenvalue weighted by Crippen LogP contribution is -2.43. The number of carbonyl (C=O) groups is 1. The van der Waals surface area contributed by atoms with E-state index in [4.69, 9.17) is 0 Å². The summed E-state index contributed by atoms with van der Waals surface area (Å²) in [4.78, 5) is 12.8. The van der Waals surface area contributed by atoms with Crippen LogP contribution in [0.25, 0.3) is 0 Å². The van der Waals surface area contributed by atoms with Crippen LogP contribution in [0.2, 0.25) is 0 Å². The third-order valence-electron chi connectivity index (χ3n) is 3.98. The lowest BCUT2D eigenvalue weighted by Gasteiger charge is -2.33. The second-order valence-electron chi connectivity index (χ2n) is 6.04. The monoisotopic (exact) mass is 343 g/mol. The van der Waals surface area contributed by atoms with Crippen LogP contribution in [0.4, 0.5) is 10.1 Å². The fourth-order valence-electron chi connectivity index (χ4n) is 2.68. The molecule has 23 heavy (non-hydrogen) atoms. The van der Waals surface area contributed by atoms with Crippen LogP contribution >= 0.6 is 0 Å². The van der Waals surface area contributed by atoms with Gasteiger partial charge in [-0.3, -0.25) is 4.79 Å². The predicted molar refractivity (Wildman–Crippen MR) is 86.2 cm³/mol. The molecular formula is C15H22FN3O3S. The normalized spacial score (nSPS) is 20.7. The van der Waals surface area contributed by atoms with Gasteiger partial charge in [-0.2, -0.15) is 0 Å². The minimum Gasteiger partial charge on any atom is -0.364 e. The van der Waals surface area contributed by atoms with Crippen LogP contribution < -0.4 is 14.9 Å². The molecule has 0 saturated heterocycles. The minimum atomic E-state index is -3.85. The zero-order valence-corrected chi connectivity index (χ0v) is 14.3. The zero-order valence-electron chi connectivity index (χ0n) is 13.5. The number of likely N-dealkylation sites (N-methyl/N-ethyl adjacent to an activating group) is 2. The Morgan fingerprint density at radius 2 is 2.04 bits per heavy atom. The summed E-state index contributed by atoms with van der Waals surface area (Å²) in [7, 11) is -0.760. The Morgan fingerprint density at radius 1 is 1.39 bits per heavy atom. The molecule has 1 fully saturated rings. The molecule has 0 spiro atoms. The first kappa shape index (κ1) is 17.7. The minimum absolute atomic E-state index is 0.0227. The van der Waals surface area contributed by atoms with Gasteiger partial charge in [0.2, 0.25) is 15.9 Å². The molecule has 1 aromatic carbocycles. The molecule has 1 aromatic rings. The lowest BCUT2D eigenvalue weighted by molar-refractivity contribution is -0.119. The van der Waals surface area contributed by atoms with Crippen LogP contribution in [0.3, 0.4) is 0 Å². The van der Waals surface area contributed by atoms with E-state index in [0.29, 0.717) is 5.92 Å². The van der Waals surface area contributed by atoms with Crippen molar-refractivity contribution in [3.63, 3.8) is 0 Å². The van der Waals surface area contributed by atoms with Gasteiger partial charge in [0, 0.05) is 20.1 Å². The second-order valence-corrected chi connectivity index (χ2v) is 7.72. The van der Waals surface area contributed by atoms with Crippen LogP contribution in [-0.2, 0) is 14.8 Å². The van der Waals surface area contributed by atoms with E-state index < -0.39 is 15.8 Å². The van der Waals surface area contributed by atoms with Crippen molar-refractivity contribution in [1.29, 1.82) is 0 Å². The Hall–Kier alpha value is -1.67. The van der Waals surface area contributed by atoms with E-state index in [0.717, 1.165) is 18.9 Å². The number of benzene rings is 1. The smallest absolute Gasteiger partial charge is 0.242 e. The molecular weight excluding hydrogens is 321 g/mol. The average Bonchev–Trinajstić information content (AvgIpc) is 2.45. The molecule has 2 rings (SSSR count). The van der Waals surface area contributed by atoms with Crippen LogP contribution in [0.1, 0.15) is 19.8 Å². The topological polar surface area (TPSA) is 78.5 Å². The van der Waals surface area contributed by atoms with E-state index in [2.05, 4.69) is 17.0 Å². The van der Waals surface area contributed by atoms with Crippen molar-refractivity contribution in [2.45, 2.75) is 30.7 Å². The maximum Gasteiger partial charge on any atom is 0.242 e. The van der Waals surface area contributed by atoms with Gasteiger partial charge in [0.05, 0.1) is 12.2 Å². The van der Waals surface area contributed by atoms with Gasteiger partial charge in [0.15, 0.2) is 0 Å². The van der Waals surface area contributed by atoms with Crippen LogP contribution in [0.5, 0.6) is 0 Å². The standard InChI is InChI=1S/C15H22FN3O3S/c1-10-6-12(7-10)18-23(21,22)14-8-11(16)4-5-13(14)19(3)9-15(20)17-2/h4-5,8,10,12,18H,6-7,9H2,1-3H3,(H,17,20). The number of carbonyl (C=O) groups excluding carboxylic acids is 1. The number of halogens is 1. The molecule has 2 N–H and O–H groups in total. The summed E-state index contributed by atoms with van der Waals surface area (Å²) in [6.07, 6.45) is 1.55. The Morgan fingerprint density at radius 3 is 2.61 bits per heavy atom. The van der Waals surface area contributed by atoms with E-state index in [1.807, 2.05) is 0 Å². The van der Waals surface area contributed by atoms with Crippen molar-refractivity contribution in [2.24, 2.45) is 5.92 Å². The fraction of sp³-hybridized carbons (Fsp3) is 0.533. The molecule has 1 saturated carbocycles. The van der Waals surface area contributed by atoms with E-state index in [1.165, 1.54) is 24.1 Å². The number of hydrogen-bond acceptors (Lipinski definition) is 4. The summed E-state index contributed by atoms with van der Waals surface area (Å²) < 4.78 is 41.3. The first-order valence-corrected chi connectivity index (χ1v) is 8.95. The van der Waals surface area contributed by atoms with Crippen molar-refractivity contribution in [1.82, 2.24) is 10.0 Å². The molecule has 0 bridgehead atoms. The molecule has 0 atom stereocenters. The highest BCUT2D eigenvalue weighted by Gasteiger charge is 2.31. The SMILES string of the molecule is CNC(=O)CN(C)c1ccc(F)cc1S(=O)(=O)NC1CC(C)C1. The maximum atomic E-state index is 13.6. The molecule has 1 amide bonds. The van der Waals surface area contributed by atoms with Crippen molar-refractivity contribution in [3.05, 3.63) is 24.0 Å². The summed E-state index contributed by atoms with van der Waals surface area (Å²) in [6.45, 7) is 2.03. The highest BCUT2D eigenvalue weighted by molar-refractivity contribution is 7.89. The van der Waals surface area contributed by atoms with E-state index in [9.17, 15) is 17.6 Å². The van der Waals surface area contributed by atoms with Gasteiger partial charge in [-0.15, -0.1) is 0 Å². The fourth-order valence-corrected chi connectivity index (χ4v) is 4.20. The van der Waals surface area contributed by atoms with Crippen molar-refractivity contribution in [3.8, 4) is 0 Å². The summed E-state index contributed by atoms with van der Waals surface area (Å²) in [5.74, 6) is -0.406. The van der Waals surface area contributed by atoms with Crippen molar-refractivity contribution < 1.29 is 17.6 Å². The number of nitrogens with zero attached hydrogens (tertiary/aromatic N) is 1. The highest BCUT2D eigenvalue weighted by atomic mass is 32.2. The third-order valence-corrected chi connectivity index (χ3v) is 5.53. The summed E-state index contributed by atoms with van der Waals surface area (Å²) in [6, 6.07) is 3.42. The first-order valence-electron chi connectivity index (χ1n) is 7.46. The molecule has 0 radical (unpaired) electrons. The van der Waals surface area contributed by atoms with Crippen LogP contribution in [-0.4, -0.2) is 41.0 Å². The zero-order chi connectivity index (χ0) is 17.2. The third kappa shape index (κ3) is 4.20. The quantitative estimate of drug-likeness (QED) is 0.810. The number of anilines is 1. The maximum absolute atomic E-state index is 13.6. The predicted octanol–water partition coefficient (Wildman–Crippen LogP) is 1.08. The van der Waals surface area contributed by atoms with Crippen LogP contribution in [0, 0.1) is 11.7 Å². The number of hydrogen-bond donors (Lipinski definition) is 2. The lowest BCUT2D eigenvalue weighted by atomic mass is 9.83. The highest BCUT2D eigenvalue weighted by Crippen LogP contribution is 2.30. The Labute approximate surface area is 136 Å². The van der Waals surface area contributed by atoms with E-state index >= 15 is 0 Å². The molecule has 128 valence electrons. The number of sulfonamides is 1. The molecule has 0 aliphatic heterocycles. The number of nitrogens with one attached hydrogen (secondary N) is 2. The molecule has 0 aromatic heterocycles. The average molecular weight is 343 g/mol. The molecule has 0 unspecified atom stereocenters. The molecule has 1 aliphatic rings. The summed E-state index contributed by atoms with van der Waals surface area (Å²) in [5, 5.41) is 2.47. The van der Waals surface area contributed by atoms with Gasteiger partial charge in [0.1, 0.15) is 10.7 Å².